The summed E-state index contributed by atoms with van der Waals surface area (Å²) in [5.74, 6) is 0.701. The second-order valence-corrected chi connectivity index (χ2v) is 4.74. The molecule has 2 N–H and O–H groups in total. The van der Waals surface area contributed by atoms with Crippen LogP contribution < -0.4 is 10.1 Å². The Kier molecular flexibility index (Phi) is 3.64. The number of carbonyl (C=O) groups excluding carboxylic acids is 1. The molecule has 0 radical (unpaired) electrons. The van der Waals surface area contributed by atoms with Crippen molar-refractivity contribution >= 4 is 17.0 Å². The number of fused-ring (bicyclic) bond motifs is 1. The molecule has 3 rings (SSSR count). The summed E-state index contributed by atoms with van der Waals surface area (Å²) in [6.07, 6.45) is 2.36. The monoisotopic (exact) mass is 284 g/mol. The van der Waals surface area contributed by atoms with Crippen LogP contribution in [0.3, 0.4) is 0 Å². The van der Waals surface area contributed by atoms with E-state index in [4.69, 9.17) is 9.15 Å². The van der Waals surface area contributed by atoms with E-state index in [-0.39, 0.29) is 5.91 Å². The molecule has 2 heterocycles. The highest BCUT2D eigenvalue weighted by Crippen LogP contribution is 2.16. The number of hydrogen-bond acceptors (Lipinski definition) is 3. The maximum Gasteiger partial charge on any atom is 0.267 e. The number of furan rings is 1. The minimum Gasteiger partial charge on any atom is -0.497 e. The van der Waals surface area contributed by atoms with E-state index in [1.807, 2.05) is 24.3 Å². The Bertz CT molecular complexity index is 712. The van der Waals surface area contributed by atoms with E-state index in [0.717, 1.165) is 23.3 Å². The van der Waals surface area contributed by atoms with Crippen LogP contribution in [-0.2, 0) is 6.42 Å². The molecule has 0 unspecified atom stereocenters. The summed E-state index contributed by atoms with van der Waals surface area (Å²) >= 11 is 0. The van der Waals surface area contributed by atoms with E-state index in [2.05, 4.69) is 10.3 Å². The molecule has 0 aliphatic carbocycles. The average molecular weight is 284 g/mol. The van der Waals surface area contributed by atoms with Crippen molar-refractivity contribution in [1.82, 2.24) is 10.3 Å². The number of rotatable bonds is 5. The Morgan fingerprint density at radius 2 is 2.10 bits per heavy atom. The van der Waals surface area contributed by atoms with Crippen LogP contribution in [0.4, 0.5) is 0 Å². The molecule has 0 bridgehead atoms. The molecule has 108 valence electrons. The van der Waals surface area contributed by atoms with E-state index in [9.17, 15) is 4.79 Å². The lowest BCUT2D eigenvalue weighted by Gasteiger charge is -2.05. The van der Waals surface area contributed by atoms with E-state index in [0.29, 0.717) is 17.8 Å². The number of aromatic amines is 1. The largest absolute Gasteiger partial charge is 0.497 e. The number of benzene rings is 1. The topological polar surface area (TPSA) is 67.3 Å². The molecule has 0 aliphatic heterocycles. The fourth-order valence-electron chi connectivity index (χ4n) is 2.18. The van der Waals surface area contributed by atoms with Crippen molar-refractivity contribution in [2.75, 3.05) is 13.7 Å². The lowest BCUT2D eigenvalue weighted by molar-refractivity contribution is 0.0950. The van der Waals surface area contributed by atoms with Gasteiger partial charge in [-0.2, -0.15) is 0 Å². The molecule has 5 nitrogen and oxygen atoms in total. The molecule has 2 aromatic heterocycles. The maximum atomic E-state index is 12.0. The van der Waals surface area contributed by atoms with Crippen LogP contribution in [0.2, 0.25) is 0 Å². The SMILES string of the molecule is COc1ccc(CCNC(=O)c2cc3occc3[nH]2)cc1. The third-order valence-electron chi connectivity index (χ3n) is 3.34. The van der Waals surface area contributed by atoms with Crippen molar-refractivity contribution in [2.24, 2.45) is 0 Å². The van der Waals surface area contributed by atoms with E-state index >= 15 is 0 Å². The number of hydrogen-bond donors (Lipinski definition) is 2. The Morgan fingerprint density at radius 3 is 2.81 bits per heavy atom. The summed E-state index contributed by atoms with van der Waals surface area (Å²) in [4.78, 5) is 15.0. The van der Waals surface area contributed by atoms with Gasteiger partial charge in [-0.3, -0.25) is 4.79 Å². The van der Waals surface area contributed by atoms with Gasteiger partial charge >= 0.3 is 0 Å². The van der Waals surface area contributed by atoms with E-state index in [1.165, 1.54) is 0 Å². The minimum absolute atomic E-state index is 0.130. The van der Waals surface area contributed by atoms with Crippen LogP contribution in [0.5, 0.6) is 5.75 Å². The second kappa shape index (κ2) is 5.75. The molecule has 0 spiro atoms. The average Bonchev–Trinajstić information content (AvgIpc) is 3.09. The summed E-state index contributed by atoms with van der Waals surface area (Å²) in [7, 11) is 1.64. The van der Waals surface area contributed by atoms with Crippen LogP contribution in [0.1, 0.15) is 16.1 Å². The van der Waals surface area contributed by atoms with Gasteiger partial charge in [0.2, 0.25) is 0 Å². The number of nitrogens with one attached hydrogen (secondary N) is 2. The zero-order valence-electron chi connectivity index (χ0n) is 11.7. The zero-order chi connectivity index (χ0) is 14.7. The van der Waals surface area contributed by atoms with Crippen molar-refractivity contribution in [1.29, 1.82) is 0 Å². The molecular weight excluding hydrogens is 268 g/mol. The molecule has 1 aromatic carbocycles. The molecule has 21 heavy (non-hydrogen) atoms. The highest BCUT2D eigenvalue weighted by molar-refractivity contribution is 5.96. The van der Waals surface area contributed by atoms with Crippen molar-refractivity contribution in [3.8, 4) is 5.75 Å². The number of aromatic nitrogens is 1. The summed E-state index contributed by atoms with van der Waals surface area (Å²) in [5.41, 5.74) is 3.18. The van der Waals surface area contributed by atoms with Crippen molar-refractivity contribution in [2.45, 2.75) is 6.42 Å². The Hall–Kier alpha value is -2.69. The maximum absolute atomic E-state index is 12.0. The Balaban J connectivity index is 1.54. The van der Waals surface area contributed by atoms with Gasteiger partial charge in [-0.15, -0.1) is 0 Å². The summed E-state index contributed by atoms with van der Waals surface area (Å²) in [6.45, 7) is 0.575. The summed E-state index contributed by atoms with van der Waals surface area (Å²) < 4.78 is 10.3. The van der Waals surface area contributed by atoms with Crippen LogP contribution in [0, 0.1) is 0 Å². The van der Waals surface area contributed by atoms with Crippen LogP contribution >= 0.6 is 0 Å². The van der Waals surface area contributed by atoms with E-state index in [1.54, 1.807) is 25.5 Å². The second-order valence-electron chi connectivity index (χ2n) is 4.74. The number of methoxy groups -OCH3 is 1. The van der Waals surface area contributed by atoms with Crippen LogP contribution in [0.25, 0.3) is 11.1 Å². The molecule has 0 atom stereocenters. The first-order valence-electron chi connectivity index (χ1n) is 6.73. The van der Waals surface area contributed by atoms with Gasteiger partial charge in [0.15, 0.2) is 5.58 Å². The van der Waals surface area contributed by atoms with Gasteiger partial charge in [-0.25, -0.2) is 0 Å². The Labute approximate surface area is 121 Å². The fraction of sp³-hybridized carbons (Fsp3) is 0.188. The third-order valence-corrected chi connectivity index (χ3v) is 3.34. The first-order chi connectivity index (χ1) is 10.3. The molecule has 0 saturated carbocycles. The predicted octanol–water partition coefficient (Wildman–Crippen LogP) is 2.74. The Morgan fingerprint density at radius 1 is 1.29 bits per heavy atom. The minimum atomic E-state index is -0.130. The van der Waals surface area contributed by atoms with Crippen molar-refractivity contribution in [3.05, 3.63) is 53.9 Å². The molecule has 5 heteroatoms. The first kappa shape index (κ1) is 13.3. The van der Waals surface area contributed by atoms with Crippen molar-refractivity contribution in [3.63, 3.8) is 0 Å². The van der Waals surface area contributed by atoms with Gasteiger partial charge in [0.1, 0.15) is 11.4 Å². The highest BCUT2D eigenvalue weighted by atomic mass is 16.5. The smallest absolute Gasteiger partial charge is 0.267 e. The molecule has 3 aromatic rings. The normalized spacial score (nSPS) is 10.7. The molecular formula is C16H16N2O3. The standard InChI is InChI=1S/C16H16N2O3/c1-20-12-4-2-11(3-5-12)6-8-17-16(19)14-10-15-13(18-14)7-9-21-15/h2-5,7,9-10,18H,6,8H2,1H3,(H,17,19). The van der Waals surface area contributed by atoms with Gasteiger partial charge in [-0.05, 0) is 24.1 Å². The van der Waals surface area contributed by atoms with Crippen molar-refractivity contribution < 1.29 is 13.9 Å². The highest BCUT2D eigenvalue weighted by Gasteiger charge is 2.10. The molecule has 0 saturated heterocycles. The van der Waals surface area contributed by atoms with Gasteiger partial charge in [-0.1, -0.05) is 12.1 Å². The van der Waals surface area contributed by atoms with Gasteiger partial charge < -0.3 is 19.5 Å². The number of H-pyrrole nitrogens is 1. The third kappa shape index (κ3) is 2.91. The lowest BCUT2D eigenvalue weighted by Crippen LogP contribution is -2.25. The van der Waals surface area contributed by atoms with Gasteiger partial charge in [0.05, 0.1) is 18.9 Å². The number of carbonyl (C=O) groups is 1. The summed E-state index contributed by atoms with van der Waals surface area (Å²) in [6, 6.07) is 11.3. The lowest BCUT2D eigenvalue weighted by atomic mass is 10.1. The van der Waals surface area contributed by atoms with Gasteiger partial charge in [0.25, 0.3) is 5.91 Å². The van der Waals surface area contributed by atoms with E-state index < -0.39 is 0 Å². The number of amides is 1. The fourth-order valence-corrected chi connectivity index (χ4v) is 2.18. The first-order valence-corrected chi connectivity index (χ1v) is 6.73. The zero-order valence-corrected chi connectivity index (χ0v) is 11.7. The molecule has 0 aliphatic rings. The quantitative estimate of drug-likeness (QED) is 0.757. The van der Waals surface area contributed by atoms with Crippen LogP contribution in [-0.4, -0.2) is 24.5 Å². The molecule has 1 amide bonds. The predicted molar refractivity (Wildman–Crippen MR) is 79.6 cm³/mol. The summed E-state index contributed by atoms with van der Waals surface area (Å²) in [5, 5.41) is 2.88. The number of ether oxygens (including phenoxy) is 1. The molecule has 0 fully saturated rings. The van der Waals surface area contributed by atoms with Gasteiger partial charge in [0, 0.05) is 18.7 Å². The van der Waals surface area contributed by atoms with Crippen LogP contribution in [0.15, 0.2) is 47.1 Å².